The van der Waals surface area contributed by atoms with Gasteiger partial charge in [0.2, 0.25) is 0 Å². The number of H-pyrrole nitrogens is 1. The molecule has 2 heterocycles. The Labute approximate surface area is 158 Å². The molecule has 0 radical (unpaired) electrons. The highest BCUT2D eigenvalue weighted by Crippen LogP contribution is 2.41. The van der Waals surface area contributed by atoms with E-state index in [0.29, 0.717) is 6.54 Å². The number of rotatable bonds is 4. The molecule has 0 spiro atoms. The third kappa shape index (κ3) is 2.91. The zero-order valence-corrected chi connectivity index (χ0v) is 16.0. The van der Waals surface area contributed by atoms with Gasteiger partial charge in [-0.1, -0.05) is 6.92 Å². The molecule has 0 bridgehead atoms. The van der Waals surface area contributed by atoms with Gasteiger partial charge in [-0.15, -0.1) is 0 Å². The first-order valence-electron chi connectivity index (χ1n) is 9.12. The number of ether oxygens (including phenoxy) is 2. The minimum atomic E-state index is -0.684. The van der Waals surface area contributed by atoms with E-state index in [1.807, 2.05) is 57.2 Å². The van der Waals surface area contributed by atoms with Crippen molar-refractivity contribution in [1.29, 1.82) is 0 Å². The van der Waals surface area contributed by atoms with Crippen LogP contribution in [0.1, 0.15) is 32.8 Å². The highest BCUT2D eigenvalue weighted by Gasteiger charge is 2.38. The fourth-order valence-electron chi connectivity index (χ4n) is 3.50. The molecule has 2 aromatic carbocycles. The second-order valence-electron chi connectivity index (χ2n) is 7.23. The number of carbonyl (C=O) groups is 1. The molecule has 1 N–H and O–H groups in total. The summed E-state index contributed by atoms with van der Waals surface area (Å²) >= 11 is 0. The Morgan fingerprint density at radius 2 is 1.96 bits per heavy atom. The van der Waals surface area contributed by atoms with Crippen molar-refractivity contribution in [2.75, 3.05) is 18.6 Å². The summed E-state index contributed by atoms with van der Waals surface area (Å²) in [5, 5.41) is 0. The van der Waals surface area contributed by atoms with Gasteiger partial charge in [-0.2, -0.15) is 0 Å². The molecule has 0 saturated carbocycles. The smallest absolute Gasteiger partial charge is 0.415 e. The Morgan fingerprint density at radius 1 is 1.22 bits per heavy atom. The first kappa shape index (κ1) is 17.4. The zero-order chi connectivity index (χ0) is 19.2. The molecule has 6 heteroatoms. The molecular formula is C21H23N3O3. The van der Waals surface area contributed by atoms with Gasteiger partial charge in [-0.3, -0.25) is 4.90 Å². The lowest BCUT2D eigenvalue weighted by molar-refractivity contribution is 0.0352. The molecule has 1 aromatic heterocycles. The number of fused-ring (bicyclic) bond motifs is 2. The van der Waals surface area contributed by atoms with Crippen molar-refractivity contribution < 1.29 is 14.3 Å². The summed E-state index contributed by atoms with van der Waals surface area (Å²) in [6.07, 6.45) is 0.546. The van der Waals surface area contributed by atoms with E-state index >= 15 is 0 Å². The maximum Gasteiger partial charge on any atom is 0.415 e. The maximum atomic E-state index is 12.4. The Bertz CT molecular complexity index is 1010. The quantitative estimate of drug-likeness (QED) is 0.718. The average molecular weight is 365 g/mol. The van der Waals surface area contributed by atoms with Crippen molar-refractivity contribution in [3.8, 4) is 17.1 Å². The van der Waals surface area contributed by atoms with Crippen LogP contribution in [0.15, 0.2) is 36.4 Å². The number of anilines is 1. The molecule has 3 aromatic rings. The molecule has 0 aliphatic carbocycles. The standard InChI is InChI=1S/C21H23N3O3/c1-5-10-24-18-12-17-16(11-15(18)21(2,3)27-20(24)25)22-19(23-17)13-6-8-14(26-4)9-7-13/h6-9,11-12H,5,10H2,1-4H3,(H,22,23). The molecule has 0 fully saturated rings. The fraction of sp³-hybridized carbons (Fsp3) is 0.333. The van der Waals surface area contributed by atoms with Crippen molar-refractivity contribution in [1.82, 2.24) is 9.97 Å². The van der Waals surface area contributed by atoms with Gasteiger partial charge in [0.05, 0.1) is 23.8 Å². The first-order chi connectivity index (χ1) is 12.9. The maximum absolute atomic E-state index is 12.4. The normalized spacial score (nSPS) is 15.6. The van der Waals surface area contributed by atoms with Gasteiger partial charge in [0.15, 0.2) is 0 Å². The number of amides is 1. The van der Waals surface area contributed by atoms with E-state index in [4.69, 9.17) is 14.5 Å². The lowest BCUT2D eigenvalue weighted by Crippen LogP contribution is -2.43. The van der Waals surface area contributed by atoms with Crippen LogP contribution in [-0.2, 0) is 10.3 Å². The molecule has 0 saturated heterocycles. The summed E-state index contributed by atoms with van der Waals surface area (Å²) in [4.78, 5) is 22.3. The summed E-state index contributed by atoms with van der Waals surface area (Å²) in [5.41, 5.74) is 3.89. The van der Waals surface area contributed by atoms with Gasteiger partial charge < -0.3 is 14.5 Å². The van der Waals surface area contributed by atoms with Crippen LogP contribution in [0.2, 0.25) is 0 Å². The first-order valence-corrected chi connectivity index (χ1v) is 9.12. The van der Waals surface area contributed by atoms with Crippen molar-refractivity contribution >= 4 is 22.8 Å². The van der Waals surface area contributed by atoms with Gasteiger partial charge in [-0.25, -0.2) is 9.78 Å². The van der Waals surface area contributed by atoms with E-state index in [9.17, 15) is 4.79 Å². The van der Waals surface area contributed by atoms with Crippen molar-refractivity contribution in [2.45, 2.75) is 32.8 Å². The second kappa shape index (κ2) is 6.30. The number of aromatic amines is 1. The van der Waals surface area contributed by atoms with E-state index in [1.165, 1.54) is 0 Å². The van der Waals surface area contributed by atoms with Crippen molar-refractivity contribution in [3.05, 3.63) is 42.0 Å². The van der Waals surface area contributed by atoms with E-state index < -0.39 is 5.60 Å². The van der Waals surface area contributed by atoms with E-state index in [2.05, 4.69) is 4.98 Å². The Morgan fingerprint density at radius 3 is 2.63 bits per heavy atom. The minimum Gasteiger partial charge on any atom is -0.497 e. The van der Waals surface area contributed by atoms with Crippen LogP contribution in [0.5, 0.6) is 5.75 Å². The molecule has 6 nitrogen and oxygen atoms in total. The van der Waals surface area contributed by atoms with E-state index in [0.717, 1.165) is 45.8 Å². The SMILES string of the molecule is CCCN1C(=O)OC(C)(C)c2cc3[nH]c(-c4ccc(OC)cc4)nc3cc21. The summed E-state index contributed by atoms with van der Waals surface area (Å²) in [6.45, 7) is 6.49. The van der Waals surface area contributed by atoms with Gasteiger partial charge in [0.1, 0.15) is 17.2 Å². The molecular weight excluding hydrogens is 342 g/mol. The Kier molecular flexibility index (Phi) is 4.06. The number of nitrogens with zero attached hydrogens (tertiary/aromatic N) is 2. The number of hydrogen-bond donors (Lipinski definition) is 1. The Balaban J connectivity index is 1.84. The van der Waals surface area contributed by atoms with E-state index in [-0.39, 0.29) is 6.09 Å². The van der Waals surface area contributed by atoms with Crippen LogP contribution in [-0.4, -0.2) is 29.7 Å². The summed E-state index contributed by atoms with van der Waals surface area (Å²) in [6, 6.07) is 11.8. The predicted octanol–water partition coefficient (Wildman–Crippen LogP) is 4.84. The zero-order valence-electron chi connectivity index (χ0n) is 16.0. The summed E-state index contributed by atoms with van der Waals surface area (Å²) in [5.74, 6) is 1.58. The van der Waals surface area contributed by atoms with Gasteiger partial charge in [-0.05, 0) is 56.7 Å². The van der Waals surface area contributed by atoms with Crippen LogP contribution < -0.4 is 9.64 Å². The molecule has 0 atom stereocenters. The number of benzene rings is 2. The van der Waals surface area contributed by atoms with Crippen LogP contribution in [0.4, 0.5) is 10.5 Å². The number of methoxy groups -OCH3 is 1. The number of carbonyl (C=O) groups excluding carboxylic acids is 1. The van der Waals surface area contributed by atoms with Crippen LogP contribution >= 0.6 is 0 Å². The van der Waals surface area contributed by atoms with Gasteiger partial charge in [0, 0.05) is 17.7 Å². The molecule has 1 amide bonds. The lowest BCUT2D eigenvalue weighted by atomic mass is 9.93. The number of cyclic esters (lactones) is 1. The van der Waals surface area contributed by atoms with Crippen molar-refractivity contribution in [3.63, 3.8) is 0 Å². The van der Waals surface area contributed by atoms with E-state index in [1.54, 1.807) is 12.0 Å². The number of hydrogen-bond acceptors (Lipinski definition) is 4. The van der Waals surface area contributed by atoms with Gasteiger partial charge >= 0.3 is 6.09 Å². The highest BCUT2D eigenvalue weighted by atomic mass is 16.6. The molecule has 1 aliphatic heterocycles. The second-order valence-corrected chi connectivity index (χ2v) is 7.23. The van der Waals surface area contributed by atoms with Gasteiger partial charge in [0.25, 0.3) is 0 Å². The minimum absolute atomic E-state index is 0.306. The largest absolute Gasteiger partial charge is 0.497 e. The average Bonchev–Trinajstić information content (AvgIpc) is 3.07. The number of nitrogens with one attached hydrogen (secondary N) is 1. The van der Waals surface area contributed by atoms with Crippen LogP contribution in [0, 0.1) is 0 Å². The number of aromatic nitrogens is 2. The molecule has 27 heavy (non-hydrogen) atoms. The van der Waals surface area contributed by atoms with Crippen molar-refractivity contribution in [2.24, 2.45) is 0 Å². The topological polar surface area (TPSA) is 67.5 Å². The highest BCUT2D eigenvalue weighted by molar-refractivity contribution is 5.95. The third-order valence-corrected chi connectivity index (χ3v) is 4.91. The molecule has 4 rings (SSSR count). The Hall–Kier alpha value is -3.02. The molecule has 140 valence electrons. The lowest BCUT2D eigenvalue weighted by Gasteiger charge is -2.38. The predicted molar refractivity (Wildman–Crippen MR) is 105 cm³/mol. The summed E-state index contributed by atoms with van der Waals surface area (Å²) in [7, 11) is 1.65. The monoisotopic (exact) mass is 365 g/mol. The number of imidazole rings is 1. The van der Waals surface area contributed by atoms with Crippen LogP contribution in [0.3, 0.4) is 0 Å². The third-order valence-electron chi connectivity index (χ3n) is 4.91. The summed E-state index contributed by atoms with van der Waals surface area (Å²) < 4.78 is 10.9. The molecule has 1 aliphatic rings. The molecule has 0 unspecified atom stereocenters. The fourth-order valence-corrected chi connectivity index (χ4v) is 3.50. The van der Waals surface area contributed by atoms with Crippen LogP contribution in [0.25, 0.3) is 22.4 Å².